The summed E-state index contributed by atoms with van der Waals surface area (Å²) in [6.45, 7) is 2.39. The van der Waals surface area contributed by atoms with E-state index in [-0.39, 0.29) is 0 Å². The van der Waals surface area contributed by atoms with E-state index in [0.29, 0.717) is 24.5 Å². The Balaban J connectivity index is 0.000000520. The normalized spacial score (nSPS) is 11.5. The molecule has 0 saturated carbocycles. The van der Waals surface area contributed by atoms with Gasteiger partial charge < -0.3 is 14.4 Å². The molecule has 4 aromatic carbocycles. The van der Waals surface area contributed by atoms with Gasteiger partial charge in [0, 0.05) is 24.5 Å². The van der Waals surface area contributed by atoms with Crippen LogP contribution in [0.5, 0.6) is 11.5 Å². The highest BCUT2D eigenvalue weighted by Crippen LogP contribution is 2.32. The van der Waals surface area contributed by atoms with Crippen molar-refractivity contribution in [1.29, 1.82) is 0 Å². The van der Waals surface area contributed by atoms with Gasteiger partial charge in [0.15, 0.2) is 0 Å². The van der Waals surface area contributed by atoms with Crippen molar-refractivity contribution in [2.45, 2.75) is 25.6 Å². The number of nitrogens with zero attached hydrogens (tertiary/aromatic N) is 1. The molecular formula is C31H29BrF3NO3. The molecule has 0 saturated heterocycles. The highest BCUT2D eigenvalue weighted by molar-refractivity contribution is 9.10. The summed E-state index contributed by atoms with van der Waals surface area (Å²) in [6, 6.07) is 31.0. The van der Waals surface area contributed by atoms with Crippen molar-refractivity contribution in [3.63, 3.8) is 0 Å². The molecule has 0 radical (unpaired) electrons. The number of aryl methyl sites for hydroxylation is 1. The fraction of sp³-hybridized carbons (Fsp3) is 0.194. The number of rotatable bonds is 7. The van der Waals surface area contributed by atoms with E-state index in [1.807, 2.05) is 48.5 Å². The zero-order chi connectivity index (χ0) is 28.3. The van der Waals surface area contributed by atoms with Gasteiger partial charge in [-0.25, -0.2) is 4.79 Å². The number of amides is 1. The minimum atomic E-state index is -4.41. The van der Waals surface area contributed by atoms with E-state index < -0.39 is 23.9 Å². The highest BCUT2D eigenvalue weighted by Gasteiger charge is 2.30. The van der Waals surface area contributed by atoms with Crippen molar-refractivity contribution in [1.82, 2.24) is 4.90 Å². The van der Waals surface area contributed by atoms with Crippen molar-refractivity contribution in [3.8, 4) is 11.5 Å². The SMILES string of the molecule is CN(CCC(Oc1ccc(C(F)(F)F)cc1)c1cccc(Br)c1)C(=O)Oc1ccccc1.Cc1ccccc1. The lowest BCUT2D eigenvalue weighted by molar-refractivity contribution is -0.137. The van der Waals surface area contributed by atoms with Crippen LogP contribution in [0.4, 0.5) is 18.0 Å². The molecule has 0 fully saturated rings. The van der Waals surface area contributed by atoms with E-state index in [1.54, 1.807) is 31.3 Å². The lowest BCUT2D eigenvalue weighted by Gasteiger charge is -2.23. The Hall–Kier alpha value is -3.78. The van der Waals surface area contributed by atoms with Crippen molar-refractivity contribution in [3.05, 3.63) is 130 Å². The van der Waals surface area contributed by atoms with Crippen LogP contribution in [-0.4, -0.2) is 24.6 Å². The average molecular weight is 600 g/mol. The molecule has 4 rings (SSSR count). The van der Waals surface area contributed by atoms with Gasteiger partial charge in [-0.2, -0.15) is 13.2 Å². The molecule has 0 aliphatic heterocycles. The second-order valence-corrected chi connectivity index (χ2v) is 9.65. The van der Waals surface area contributed by atoms with Crippen molar-refractivity contribution >= 4 is 22.0 Å². The lowest BCUT2D eigenvalue weighted by atomic mass is 10.1. The number of carbonyl (C=O) groups is 1. The topological polar surface area (TPSA) is 38.8 Å². The number of hydrogen-bond acceptors (Lipinski definition) is 3. The Morgan fingerprint density at radius 3 is 2.00 bits per heavy atom. The molecule has 0 aliphatic rings. The molecule has 0 bridgehead atoms. The monoisotopic (exact) mass is 599 g/mol. The van der Waals surface area contributed by atoms with Gasteiger partial charge in [0.05, 0.1) is 5.56 Å². The van der Waals surface area contributed by atoms with Gasteiger partial charge in [-0.3, -0.25) is 0 Å². The molecule has 0 spiro atoms. The lowest BCUT2D eigenvalue weighted by Crippen LogP contribution is -2.31. The summed E-state index contributed by atoms with van der Waals surface area (Å²) in [5.41, 5.74) is 1.40. The second-order valence-electron chi connectivity index (χ2n) is 8.73. The molecule has 4 aromatic rings. The molecule has 204 valence electrons. The number of alkyl halides is 3. The van der Waals surface area contributed by atoms with E-state index in [9.17, 15) is 18.0 Å². The Labute approximate surface area is 235 Å². The fourth-order valence-electron chi connectivity index (χ4n) is 3.49. The number of benzene rings is 4. The maximum absolute atomic E-state index is 12.8. The Kier molecular flexibility index (Phi) is 11.0. The maximum atomic E-state index is 12.8. The first-order valence-electron chi connectivity index (χ1n) is 12.2. The van der Waals surface area contributed by atoms with Crippen LogP contribution in [0.15, 0.2) is 114 Å². The molecule has 0 heterocycles. The number of para-hydroxylation sites is 1. The Morgan fingerprint density at radius 2 is 1.46 bits per heavy atom. The number of halogens is 4. The first-order chi connectivity index (χ1) is 18.6. The van der Waals surface area contributed by atoms with Gasteiger partial charge in [0.2, 0.25) is 0 Å². The van der Waals surface area contributed by atoms with Gasteiger partial charge in [0.25, 0.3) is 0 Å². The van der Waals surface area contributed by atoms with Gasteiger partial charge in [-0.15, -0.1) is 0 Å². The van der Waals surface area contributed by atoms with Crippen molar-refractivity contribution in [2.75, 3.05) is 13.6 Å². The number of ether oxygens (including phenoxy) is 2. The summed E-state index contributed by atoms with van der Waals surface area (Å²) in [5.74, 6) is 0.742. The molecule has 4 nitrogen and oxygen atoms in total. The molecule has 0 aliphatic carbocycles. The largest absolute Gasteiger partial charge is 0.486 e. The molecular weight excluding hydrogens is 571 g/mol. The van der Waals surface area contributed by atoms with E-state index >= 15 is 0 Å². The quantitative estimate of drug-likeness (QED) is 0.212. The van der Waals surface area contributed by atoms with Crippen molar-refractivity contribution < 1.29 is 27.4 Å². The van der Waals surface area contributed by atoms with Gasteiger partial charge >= 0.3 is 12.3 Å². The third-order valence-corrected chi connectivity index (χ3v) is 6.10. The summed E-state index contributed by atoms with van der Waals surface area (Å²) in [4.78, 5) is 13.8. The van der Waals surface area contributed by atoms with E-state index in [0.717, 1.165) is 22.2 Å². The Morgan fingerprint density at radius 1 is 0.846 bits per heavy atom. The molecule has 1 amide bonds. The predicted molar refractivity (Wildman–Crippen MR) is 150 cm³/mol. The summed E-state index contributed by atoms with van der Waals surface area (Å²) in [6.07, 6.45) is -5.02. The van der Waals surface area contributed by atoms with E-state index in [1.165, 1.54) is 22.6 Å². The summed E-state index contributed by atoms with van der Waals surface area (Å²) < 4.78 is 50.7. The average Bonchev–Trinajstić information content (AvgIpc) is 2.92. The first kappa shape index (κ1) is 29.8. The second kappa shape index (κ2) is 14.4. The van der Waals surface area contributed by atoms with Crippen LogP contribution in [0.1, 0.15) is 29.2 Å². The van der Waals surface area contributed by atoms with Gasteiger partial charge in [0.1, 0.15) is 17.6 Å². The van der Waals surface area contributed by atoms with Crippen LogP contribution in [0.3, 0.4) is 0 Å². The molecule has 8 heteroatoms. The summed E-state index contributed by atoms with van der Waals surface area (Å²) >= 11 is 3.42. The first-order valence-corrected chi connectivity index (χ1v) is 13.0. The minimum absolute atomic E-state index is 0.303. The highest BCUT2D eigenvalue weighted by atomic mass is 79.9. The van der Waals surface area contributed by atoms with E-state index in [4.69, 9.17) is 9.47 Å². The number of carbonyl (C=O) groups excluding carboxylic acids is 1. The standard InChI is InChI=1S/C24H21BrF3NO3.C7H8/c1-29(23(30)32-20-8-3-2-4-9-20)15-14-22(17-6-5-7-19(25)16-17)31-21-12-10-18(11-13-21)24(26,27)28;1-7-5-3-2-4-6-7/h2-13,16,22H,14-15H2,1H3;2-6H,1H3. The fourth-order valence-corrected chi connectivity index (χ4v) is 3.91. The third kappa shape index (κ3) is 10.1. The van der Waals surface area contributed by atoms with Crippen LogP contribution in [-0.2, 0) is 6.18 Å². The van der Waals surface area contributed by atoms with E-state index in [2.05, 4.69) is 35.0 Å². The van der Waals surface area contributed by atoms with Crippen LogP contribution in [0.25, 0.3) is 0 Å². The van der Waals surface area contributed by atoms with Crippen LogP contribution >= 0.6 is 15.9 Å². The van der Waals surface area contributed by atoms with Gasteiger partial charge in [-0.1, -0.05) is 82.2 Å². The van der Waals surface area contributed by atoms with Gasteiger partial charge in [-0.05, 0) is 61.0 Å². The predicted octanol–water partition coefficient (Wildman–Crippen LogP) is 9.10. The van der Waals surface area contributed by atoms with Crippen LogP contribution < -0.4 is 9.47 Å². The molecule has 39 heavy (non-hydrogen) atoms. The Bertz CT molecular complexity index is 1300. The zero-order valence-corrected chi connectivity index (χ0v) is 23.2. The van der Waals surface area contributed by atoms with Crippen LogP contribution in [0, 0.1) is 6.92 Å². The molecule has 0 aromatic heterocycles. The third-order valence-electron chi connectivity index (χ3n) is 5.61. The summed E-state index contributed by atoms with van der Waals surface area (Å²) in [7, 11) is 1.61. The van der Waals surface area contributed by atoms with Crippen LogP contribution in [0.2, 0.25) is 0 Å². The smallest absolute Gasteiger partial charge is 0.416 e. The maximum Gasteiger partial charge on any atom is 0.416 e. The zero-order valence-electron chi connectivity index (χ0n) is 21.6. The van der Waals surface area contributed by atoms with Crippen molar-refractivity contribution in [2.24, 2.45) is 0 Å². The summed E-state index contributed by atoms with van der Waals surface area (Å²) in [5, 5.41) is 0. The molecule has 0 N–H and O–H groups in total. The minimum Gasteiger partial charge on any atom is -0.486 e. The number of hydrogen-bond donors (Lipinski definition) is 0. The molecule has 1 unspecified atom stereocenters. The molecule has 1 atom stereocenters.